The van der Waals surface area contributed by atoms with Gasteiger partial charge in [-0.3, -0.25) is 9.78 Å². The van der Waals surface area contributed by atoms with Gasteiger partial charge in [-0.05, 0) is 101 Å². The minimum atomic E-state index is 0.210. The highest BCUT2D eigenvalue weighted by Crippen LogP contribution is 2.43. The first-order chi connectivity index (χ1) is 17.0. The Hall–Kier alpha value is -1.69. The van der Waals surface area contributed by atoms with Crippen molar-refractivity contribution in [3.05, 3.63) is 62.3 Å². The normalized spacial score (nSPS) is 20.3. The monoisotopic (exact) mass is 557 g/mol. The number of nitrogens with zero attached hydrogens (tertiary/aromatic N) is 2. The maximum Gasteiger partial charge on any atom is 0.222 e. The lowest BCUT2D eigenvalue weighted by atomic mass is 9.76. The predicted molar refractivity (Wildman–Crippen MR) is 150 cm³/mol. The van der Waals surface area contributed by atoms with Crippen molar-refractivity contribution in [2.75, 3.05) is 26.2 Å². The summed E-state index contributed by atoms with van der Waals surface area (Å²) in [5.41, 5.74) is 4.74. The van der Waals surface area contributed by atoms with Gasteiger partial charge in [0, 0.05) is 41.1 Å². The molecule has 2 fully saturated rings. The summed E-state index contributed by atoms with van der Waals surface area (Å²) in [6.07, 6.45) is 12.4. The van der Waals surface area contributed by atoms with Gasteiger partial charge in [0.15, 0.2) is 0 Å². The van der Waals surface area contributed by atoms with E-state index in [0.29, 0.717) is 24.2 Å². The summed E-state index contributed by atoms with van der Waals surface area (Å²) in [5.74, 6) is 1.54. The topological polar surface area (TPSA) is 45.2 Å². The summed E-state index contributed by atoms with van der Waals surface area (Å²) in [4.78, 5) is 19.9. The lowest BCUT2D eigenvalue weighted by Crippen LogP contribution is -2.41. The van der Waals surface area contributed by atoms with Crippen molar-refractivity contribution >= 4 is 45.6 Å². The molecule has 3 heterocycles. The van der Waals surface area contributed by atoms with E-state index >= 15 is 0 Å². The lowest BCUT2D eigenvalue weighted by Gasteiger charge is -2.37. The number of carbonyl (C=O) groups is 1. The number of benzene rings is 1. The van der Waals surface area contributed by atoms with Crippen molar-refractivity contribution in [1.29, 1.82) is 0 Å². The highest BCUT2D eigenvalue weighted by Gasteiger charge is 2.34. The molecular weight excluding hydrogens is 522 g/mol. The molecule has 5 rings (SSSR count). The van der Waals surface area contributed by atoms with Crippen LogP contribution < -0.4 is 5.32 Å². The van der Waals surface area contributed by atoms with Gasteiger partial charge in [0.05, 0.1) is 5.69 Å². The van der Waals surface area contributed by atoms with Crippen LogP contribution in [0.15, 0.2) is 34.9 Å². The van der Waals surface area contributed by atoms with Crippen LogP contribution in [0.5, 0.6) is 0 Å². The highest BCUT2D eigenvalue weighted by molar-refractivity contribution is 9.10. The number of halogens is 2. The SMILES string of the molecule is CCC.O=C(CC1CCNCC1)N1CCC(C2c3ccc(Cl)cc3C=Cc3cc(Br)cnc32)CC1. The zero-order valence-electron chi connectivity index (χ0n) is 20.9. The number of pyridine rings is 1. The standard InChI is InChI=1S/C26H29BrClN3O.C3H8/c27-21-14-20-2-1-19-15-22(28)3-4-23(19)25(26(20)30-16-21)18-7-11-31(12-8-18)24(32)13-17-5-9-29-10-6-17;1-3-2/h1-4,14-18,25,29H,5-13H2;3H2,1-2H3. The second-order valence-corrected chi connectivity index (χ2v) is 11.4. The van der Waals surface area contributed by atoms with E-state index in [1.165, 1.54) is 17.5 Å². The molecule has 1 aliphatic carbocycles. The second kappa shape index (κ2) is 12.5. The summed E-state index contributed by atoms with van der Waals surface area (Å²) in [6, 6.07) is 8.36. The number of hydrogen-bond acceptors (Lipinski definition) is 3. The number of carbonyl (C=O) groups excluding carboxylic acids is 1. The Morgan fingerprint density at radius 2 is 1.77 bits per heavy atom. The molecular formula is C29H37BrClN3O. The van der Waals surface area contributed by atoms with E-state index < -0.39 is 0 Å². The van der Waals surface area contributed by atoms with Crippen molar-refractivity contribution in [1.82, 2.24) is 15.2 Å². The van der Waals surface area contributed by atoms with Gasteiger partial charge in [0.25, 0.3) is 0 Å². The Balaban J connectivity index is 0.000000917. The van der Waals surface area contributed by atoms with Crippen molar-refractivity contribution in [2.24, 2.45) is 11.8 Å². The average Bonchev–Trinajstić information content (AvgIpc) is 3.01. The number of hydrogen-bond donors (Lipinski definition) is 1. The molecule has 0 radical (unpaired) electrons. The van der Waals surface area contributed by atoms with Crippen molar-refractivity contribution in [3.63, 3.8) is 0 Å². The summed E-state index contributed by atoms with van der Waals surface area (Å²) in [5, 5.41) is 4.15. The summed E-state index contributed by atoms with van der Waals surface area (Å²) in [6.45, 7) is 8.02. The van der Waals surface area contributed by atoms with Crippen LogP contribution in [0, 0.1) is 11.8 Å². The van der Waals surface area contributed by atoms with Crippen LogP contribution in [0.3, 0.4) is 0 Å². The van der Waals surface area contributed by atoms with E-state index in [1.54, 1.807) is 0 Å². The van der Waals surface area contributed by atoms with E-state index in [9.17, 15) is 4.79 Å². The fraction of sp³-hybridized carbons (Fsp3) is 0.517. The van der Waals surface area contributed by atoms with Crippen LogP contribution in [0.4, 0.5) is 0 Å². The number of amides is 1. The molecule has 0 spiro atoms. The summed E-state index contributed by atoms with van der Waals surface area (Å²) >= 11 is 9.91. The Bertz CT molecular complexity index is 987. The molecule has 2 aliphatic heterocycles. The fourth-order valence-electron chi connectivity index (χ4n) is 5.58. The quantitative estimate of drug-likeness (QED) is 0.435. The molecule has 4 nitrogen and oxygen atoms in total. The first-order valence-corrected chi connectivity index (χ1v) is 14.3. The average molecular weight is 559 g/mol. The molecule has 0 bridgehead atoms. The third kappa shape index (κ3) is 6.55. The van der Waals surface area contributed by atoms with Crippen LogP contribution in [0.2, 0.25) is 5.02 Å². The molecule has 1 N–H and O–H groups in total. The van der Waals surface area contributed by atoms with Gasteiger partial charge in [-0.1, -0.05) is 50.1 Å². The number of aromatic nitrogens is 1. The lowest BCUT2D eigenvalue weighted by molar-refractivity contribution is -0.133. The first kappa shape index (κ1) is 26.4. The molecule has 188 valence electrons. The number of fused-ring (bicyclic) bond motifs is 2. The molecule has 2 saturated heterocycles. The Kier molecular flexibility index (Phi) is 9.43. The van der Waals surface area contributed by atoms with Crippen molar-refractivity contribution < 1.29 is 4.79 Å². The van der Waals surface area contributed by atoms with E-state index in [-0.39, 0.29) is 5.92 Å². The van der Waals surface area contributed by atoms with Crippen LogP contribution in [-0.4, -0.2) is 42.0 Å². The molecule has 1 aromatic carbocycles. The summed E-state index contributed by atoms with van der Waals surface area (Å²) < 4.78 is 0.988. The third-order valence-corrected chi connectivity index (χ3v) is 7.99. The fourth-order valence-corrected chi connectivity index (χ4v) is 6.11. The van der Waals surface area contributed by atoms with Crippen molar-refractivity contribution in [2.45, 2.75) is 58.3 Å². The number of piperidine rings is 2. The number of nitrogens with one attached hydrogen (secondary N) is 1. The Labute approximate surface area is 223 Å². The molecule has 1 unspecified atom stereocenters. The third-order valence-electron chi connectivity index (χ3n) is 7.32. The molecule has 3 aliphatic rings. The second-order valence-electron chi connectivity index (χ2n) is 10.0. The first-order valence-electron chi connectivity index (χ1n) is 13.1. The maximum atomic E-state index is 12.9. The van der Waals surface area contributed by atoms with Gasteiger partial charge in [-0.15, -0.1) is 0 Å². The minimum absolute atomic E-state index is 0.210. The zero-order valence-corrected chi connectivity index (χ0v) is 23.2. The minimum Gasteiger partial charge on any atom is -0.343 e. The highest BCUT2D eigenvalue weighted by atomic mass is 79.9. The smallest absolute Gasteiger partial charge is 0.222 e. The van der Waals surface area contributed by atoms with Crippen LogP contribution >= 0.6 is 27.5 Å². The largest absolute Gasteiger partial charge is 0.343 e. The molecule has 35 heavy (non-hydrogen) atoms. The van der Waals surface area contributed by atoms with Gasteiger partial charge in [0.1, 0.15) is 0 Å². The maximum absolute atomic E-state index is 12.9. The van der Waals surface area contributed by atoms with E-state index in [4.69, 9.17) is 16.6 Å². The van der Waals surface area contributed by atoms with E-state index in [0.717, 1.165) is 72.6 Å². The van der Waals surface area contributed by atoms with E-state index in [2.05, 4.69) is 70.3 Å². The molecule has 1 aromatic heterocycles. The van der Waals surface area contributed by atoms with Gasteiger partial charge in [-0.25, -0.2) is 0 Å². The van der Waals surface area contributed by atoms with E-state index in [1.807, 2.05) is 12.3 Å². The Morgan fingerprint density at radius 1 is 1.09 bits per heavy atom. The number of rotatable bonds is 3. The van der Waals surface area contributed by atoms with Gasteiger partial charge in [-0.2, -0.15) is 0 Å². The molecule has 1 atom stereocenters. The van der Waals surface area contributed by atoms with Gasteiger partial charge in [0.2, 0.25) is 5.91 Å². The van der Waals surface area contributed by atoms with Crippen LogP contribution in [-0.2, 0) is 4.79 Å². The molecule has 1 amide bonds. The molecule has 0 saturated carbocycles. The zero-order chi connectivity index (χ0) is 24.8. The van der Waals surface area contributed by atoms with Crippen LogP contribution in [0.25, 0.3) is 12.2 Å². The van der Waals surface area contributed by atoms with Gasteiger partial charge < -0.3 is 10.2 Å². The van der Waals surface area contributed by atoms with Crippen LogP contribution in [0.1, 0.15) is 80.7 Å². The van der Waals surface area contributed by atoms with Crippen molar-refractivity contribution in [3.8, 4) is 0 Å². The molecule has 2 aromatic rings. The van der Waals surface area contributed by atoms with Gasteiger partial charge >= 0.3 is 0 Å². The Morgan fingerprint density at radius 3 is 2.49 bits per heavy atom. The molecule has 6 heteroatoms. The number of likely N-dealkylation sites (tertiary alicyclic amines) is 1. The summed E-state index contributed by atoms with van der Waals surface area (Å²) in [7, 11) is 0. The predicted octanol–water partition coefficient (Wildman–Crippen LogP) is 7.16.